The summed E-state index contributed by atoms with van der Waals surface area (Å²) in [4.78, 5) is 27.5. The van der Waals surface area contributed by atoms with Gasteiger partial charge in [-0.3, -0.25) is 9.20 Å². The number of benzene rings is 2. The highest BCUT2D eigenvalue weighted by Gasteiger charge is 2.21. The van der Waals surface area contributed by atoms with Crippen molar-refractivity contribution in [1.82, 2.24) is 14.2 Å². The van der Waals surface area contributed by atoms with Crippen LogP contribution in [-0.2, 0) is 19.4 Å². The van der Waals surface area contributed by atoms with E-state index >= 15 is 0 Å². The average Bonchev–Trinajstić information content (AvgIpc) is 3.41. The van der Waals surface area contributed by atoms with Crippen LogP contribution < -0.4 is 11.0 Å². The third kappa shape index (κ3) is 3.56. The summed E-state index contributed by atoms with van der Waals surface area (Å²) in [6.07, 6.45) is 3.67. The van der Waals surface area contributed by atoms with E-state index in [1.54, 1.807) is 29.7 Å². The van der Waals surface area contributed by atoms with Crippen molar-refractivity contribution < 1.29 is 4.79 Å². The lowest BCUT2D eigenvalue weighted by Gasteiger charge is -2.15. The largest absolute Gasteiger partial charge is 0.350 e. The van der Waals surface area contributed by atoms with E-state index in [0.717, 1.165) is 18.4 Å². The highest BCUT2D eigenvalue weighted by molar-refractivity contribution is 7.17. The van der Waals surface area contributed by atoms with E-state index in [9.17, 15) is 9.59 Å². The van der Waals surface area contributed by atoms with Crippen LogP contribution in [0.4, 0.5) is 5.69 Å². The minimum atomic E-state index is -0.190. The zero-order valence-electron chi connectivity index (χ0n) is 17.7. The van der Waals surface area contributed by atoms with E-state index in [4.69, 9.17) is 0 Å². The number of hydrogen-bond donors (Lipinski definition) is 1. The number of pyridine rings is 1. The first-order valence-electron chi connectivity index (χ1n) is 10.8. The Bertz CT molecular complexity index is 1580. The number of aromatic nitrogens is 3. The molecule has 1 aliphatic rings. The Morgan fingerprint density at radius 3 is 2.73 bits per heavy atom. The van der Waals surface area contributed by atoms with Crippen LogP contribution in [-0.4, -0.2) is 20.1 Å². The fourth-order valence-electron chi connectivity index (χ4n) is 4.37. The predicted molar refractivity (Wildman–Crippen MR) is 130 cm³/mol. The third-order valence-corrected chi connectivity index (χ3v) is 7.17. The molecular weight excluding hydrogens is 432 g/mol. The molecule has 0 aliphatic heterocycles. The van der Waals surface area contributed by atoms with Gasteiger partial charge in [-0.05, 0) is 65.4 Å². The van der Waals surface area contributed by atoms with E-state index < -0.39 is 0 Å². The molecule has 1 N–H and O–H groups in total. The molecule has 3 heterocycles. The molecule has 6 rings (SSSR count). The van der Waals surface area contributed by atoms with Gasteiger partial charge in [0.05, 0.1) is 11.4 Å². The normalized spacial score (nSPS) is 12.4. The molecule has 5 aromatic rings. The SMILES string of the molecule is O=C(Nc1cccc(Cn2nc3ccccn3c2=O)c1)c1cc2c(s1)-c1ccccc1CC2. The van der Waals surface area contributed by atoms with Crippen LogP contribution in [0.1, 0.15) is 26.4 Å². The van der Waals surface area contributed by atoms with E-state index in [1.807, 2.05) is 42.5 Å². The zero-order valence-corrected chi connectivity index (χ0v) is 18.5. The maximum absolute atomic E-state index is 13.0. The van der Waals surface area contributed by atoms with Gasteiger partial charge in [0, 0.05) is 16.8 Å². The monoisotopic (exact) mass is 452 g/mol. The van der Waals surface area contributed by atoms with Crippen molar-refractivity contribution in [1.29, 1.82) is 0 Å². The number of thiophene rings is 1. The Morgan fingerprint density at radius 1 is 0.970 bits per heavy atom. The van der Waals surface area contributed by atoms with Gasteiger partial charge in [-0.15, -0.1) is 16.4 Å². The number of amides is 1. The zero-order chi connectivity index (χ0) is 22.4. The van der Waals surface area contributed by atoms with E-state index in [1.165, 1.54) is 30.6 Å². The van der Waals surface area contributed by atoms with Gasteiger partial charge in [-0.25, -0.2) is 9.48 Å². The highest BCUT2D eigenvalue weighted by atomic mass is 32.1. The molecule has 33 heavy (non-hydrogen) atoms. The predicted octanol–water partition coefficient (Wildman–Crippen LogP) is 4.62. The molecule has 0 spiro atoms. The molecule has 0 fully saturated rings. The third-order valence-electron chi connectivity index (χ3n) is 5.96. The van der Waals surface area contributed by atoms with Crippen molar-refractivity contribution in [2.24, 2.45) is 0 Å². The van der Waals surface area contributed by atoms with Gasteiger partial charge in [0.25, 0.3) is 5.91 Å². The average molecular weight is 453 g/mol. The van der Waals surface area contributed by atoms with Crippen molar-refractivity contribution in [2.75, 3.05) is 5.32 Å². The quantitative estimate of drug-likeness (QED) is 0.433. The standard InChI is InChI=1S/C26H20N4O2S/c31-25(22-15-19-12-11-18-7-1-2-9-21(18)24(19)33-22)27-20-8-5-6-17(14-20)16-30-26(32)29-13-4-3-10-23(29)28-30/h1-10,13-15H,11-12,16H2,(H,27,31). The lowest BCUT2D eigenvalue weighted by atomic mass is 9.91. The van der Waals surface area contributed by atoms with E-state index in [0.29, 0.717) is 22.8 Å². The van der Waals surface area contributed by atoms with Gasteiger partial charge < -0.3 is 5.32 Å². The van der Waals surface area contributed by atoms with Gasteiger partial charge in [0.2, 0.25) is 0 Å². The highest BCUT2D eigenvalue weighted by Crippen LogP contribution is 2.39. The molecule has 1 aliphatic carbocycles. The Balaban J connectivity index is 1.23. The first-order valence-corrected chi connectivity index (χ1v) is 11.6. The molecule has 0 saturated carbocycles. The molecule has 2 aromatic carbocycles. The first kappa shape index (κ1) is 19.7. The number of aryl methyl sites for hydroxylation is 2. The molecule has 0 bridgehead atoms. The minimum absolute atomic E-state index is 0.117. The molecule has 1 amide bonds. The number of carbonyl (C=O) groups is 1. The molecule has 162 valence electrons. The van der Waals surface area contributed by atoms with Crippen LogP contribution in [0, 0.1) is 0 Å². The van der Waals surface area contributed by atoms with Crippen molar-refractivity contribution in [3.05, 3.63) is 111 Å². The number of nitrogens with zero attached hydrogens (tertiary/aromatic N) is 3. The lowest BCUT2D eigenvalue weighted by Crippen LogP contribution is -2.21. The molecule has 3 aromatic heterocycles. The number of hydrogen-bond acceptors (Lipinski definition) is 4. The minimum Gasteiger partial charge on any atom is -0.321 e. The molecule has 0 radical (unpaired) electrons. The summed E-state index contributed by atoms with van der Waals surface area (Å²) < 4.78 is 2.95. The first-order chi connectivity index (χ1) is 16.2. The van der Waals surface area contributed by atoms with Crippen LogP contribution in [0.5, 0.6) is 0 Å². The smallest absolute Gasteiger partial charge is 0.321 e. The van der Waals surface area contributed by atoms with Gasteiger partial charge in [0.1, 0.15) is 0 Å². The summed E-state index contributed by atoms with van der Waals surface area (Å²) >= 11 is 1.55. The summed E-state index contributed by atoms with van der Waals surface area (Å²) in [5, 5.41) is 7.40. The number of anilines is 1. The number of fused-ring (bicyclic) bond motifs is 4. The number of rotatable bonds is 4. The topological polar surface area (TPSA) is 68.4 Å². The second kappa shape index (κ2) is 7.86. The van der Waals surface area contributed by atoms with Crippen molar-refractivity contribution >= 4 is 28.6 Å². The van der Waals surface area contributed by atoms with Gasteiger partial charge in [-0.1, -0.05) is 42.5 Å². The van der Waals surface area contributed by atoms with Gasteiger partial charge in [0.15, 0.2) is 5.65 Å². The summed E-state index contributed by atoms with van der Waals surface area (Å²) in [6, 6.07) is 23.4. The Kier molecular flexibility index (Phi) is 4.69. The van der Waals surface area contributed by atoms with Gasteiger partial charge in [-0.2, -0.15) is 0 Å². The van der Waals surface area contributed by atoms with Crippen LogP contribution in [0.2, 0.25) is 0 Å². The van der Waals surface area contributed by atoms with Crippen LogP contribution >= 0.6 is 11.3 Å². The summed E-state index contributed by atoms with van der Waals surface area (Å²) in [5.41, 5.74) is 5.82. The summed E-state index contributed by atoms with van der Waals surface area (Å²) in [6.45, 7) is 0.328. The van der Waals surface area contributed by atoms with Crippen LogP contribution in [0.25, 0.3) is 16.1 Å². The maximum Gasteiger partial charge on any atom is 0.350 e. The van der Waals surface area contributed by atoms with Gasteiger partial charge >= 0.3 is 5.69 Å². The summed E-state index contributed by atoms with van der Waals surface area (Å²) in [5.74, 6) is -0.117. The molecule has 0 unspecified atom stereocenters. The fourth-order valence-corrected chi connectivity index (χ4v) is 5.53. The second-order valence-electron chi connectivity index (χ2n) is 8.15. The Labute approximate surface area is 193 Å². The Hall–Kier alpha value is -3.97. The molecule has 6 nitrogen and oxygen atoms in total. The van der Waals surface area contributed by atoms with Crippen molar-refractivity contribution in [3.63, 3.8) is 0 Å². The lowest BCUT2D eigenvalue weighted by molar-refractivity contribution is 0.103. The van der Waals surface area contributed by atoms with E-state index in [2.05, 4.69) is 28.6 Å². The second-order valence-corrected chi connectivity index (χ2v) is 9.20. The molecule has 7 heteroatoms. The van der Waals surface area contributed by atoms with Crippen LogP contribution in [0.3, 0.4) is 0 Å². The summed E-state index contributed by atoms with van der Waals surface area (Å²) in [7, 11) is 0. The molecule has 0 atom stereocenters. The van der Waals surface area contributed by atoms with Crippen molar-refractivity contribution in [3.8, 4) is 10.4 Å². The van der Waals surface area contributed by atoms with E-state index in [-0.39, 0.29) is 11.6 Å². The number of nitrogens with one attached hydrogen (secondary N) is 1. The van der Waals surface area contributed by atoms with Crippen molar-refractivity contribution in [2.45, 2.75) is 19.4 Å². The number of carbonyl (C=O) groups excluding carboxylic acids is 1. The maximum atomic E-state index is 13.0. The van der Waals surface area contributed by atoms with Crippen LogP contribution in [0.15, 0.2) is 83.8 Å². The molecular formula is C26H20N4O2S. The molecule has 0 saturated heterocycles. The fraction of sp³-hybridized carbons (Fsp3) is 0.115. The Morgan fingerprint density at radius 2 is 1.82 bits per heavy atom.